The third-order valence-electron chi connectivity index (χ3n) is 9.41. The molecular weight excluding hydrogens is 713 g/mol. The molecule has 7 rings (SSSR count). The molecule has 1 saturated heterocycles. The number of benzene rings is 3. The second kappa shape index (κ2) is 17.2. The number of nitrogens with zero attached hydrogens (tertiary/aromatic N) is 8. The van der Waals surface area contributed by atoms with E-state index < -0.39 is 29.0 Å². The first kappa shape index (κ1) is 37.7. The van der Waals surface area contributed by atoms with Crippen LogP contribution in [0, 0.1) is 17.5 Å². The lowest BCUT2D eigenvalue weighted by molar-refractivity contribution is -0.0133. The molecule has 10 nitrogen and oxygen atoms in total. The maximum Gasteiger partial charge on any atom is 0.163 e. The molecule has 2 aromatic heterocycles. The van der Waals surface area contributed by atoms with Gasteiger partial charge in [0, 0.05) is 71.6 Å². The molecule has 4 heterocycles. The third kappa shape index (κ3) is 8.76. The number of rotatable bonds is 11. The van der Waals surface area contributed by atoms with Gasteiger partial charge >= 0.3 is 0 Å². The van der Waals surface area contributed by atoms with E-state index in [1.165, 1.54) is 45.4 Å². The van der Waals surface area contributed by atoms with Gasteiger partial charge in [0.1, 0.15) is 36.2 Å². The van der Waals surface area contributed by atoms with Gasteiger partial charge in [-0.25, -0.2) is 32.8 Å². The van der Waals surface area contributed by atoms with Gasteiger partial charge in [0.2, 0.25) is 0 Å². The lowest BCUT2D eigenvalue weighted by Gasteiger charge is -2.36. The second-order valence-electron chi connectivity index (χ2n) is 12.7. The van der Waals surface area contributed by atoms with Crippen LogP contribution in [-0.4, -0.2) is 97.2 Å². The summed E-state index contributed by atoms with van der Waals surface area (Å²) < 4.78 is 43.0. The largest absolute Gasteiger partial charge is 0.395 e. The standard InChI is InChI=1S/C21H26ClN3OS.C16H14F3N5O/c22-17-6-7-21-19(16-17)25(18-4-1-2-5-20(18)27-21)9-3-8-23-10-12-24(13-11-23)14-15-26;1-10(15-14(19)5-20-7-22-15)16(25,6-24-9-21-8-23-24)12-3-2-11(17)4-13(12)18/h1-2,4-7,16,26H,3,8-15H2;2-5,7-10,25H,6H2,1H3/t;10-,16+/m.0/s1. The summed E-state index contributed by atoms with van der Waals surface area (Å²) in [4.78, 5) is 21.1. The summed E-state index contributed by atoms with van der Waals surface area (Å²) in [5.74, 6) is -3.47. The van der Waals surface area contributed by atoms with Crippen molar-refractivity contribution in [2.45, 2.75) is 41.2 Å². The zero-order valence-electron chi connectivity index (χ0n) is 28.6. The van der Waals surface area contributed by atoms with Crippen LogP contribution >= 0.6 is 23.4 Å². The Kier molecular flexibility index (Phi) is 12.5. The Morgan fingerprint density at radius 1 is 0.865 bits per heavy atom. The minimum absolute atomic E-state index is 0.0960. The SMILES string of the molecule is C[C@@H](c1ncncc1F)[C@](O)(Cn1cncn1)c1ccc(F)cc1F.OCCN1CCN(CCCN2c3ccccc3Sc3ccc(Cl)cc32)CC1. The van der Waals surface area contributed by atoms with Crippen LogP contribution in [0.1, 0.15) is 30.5 Å². The van der Waals surface area contributed by atoms with Crippen LogP contribution in [0.5, 0.6) is 0 Å². The van der Waals surface area contributed by atoms with Crippen molar-refractivity contribution in [1.82, 2.24) is 34.5 Å². The molecule has 0 aliphatic carbocycles. The average Bonchev–Trinajstić information content (AvgIpc) is 3.65. The van der Waals surface area contributed by atoms with Gasteiger partial charge in [-0.1, -0.05) is 48.5 Å². The Balaban J connectivity index is 0.000000179. The molecule has 0 saturated carbocycles. The van der Waals surface area contributed by atoms with Crippen molar-refractivity contribution in [1.29, 1.82) is 0 Å². The Morgan fingerprint density at radius 2 is 1.62 bits per heavy atom. The van der Waals surface area contributed by atoms with Crippen molar-refractivity contribution in [3.05, 3.63) is 120 Å². The molecule has 0 radical (unpaired) electrons. The van der Waals surface area contributed by atoms with Crippen LogP contribution < -0.4 is 4.90 Å². The third-order valence-corrected chi connectivity index (χ3v) is 10.8. The predicted molar refractivity (Wildman–Crippen MR) is 194 cm³/mol. The molecule has 2 N–H and O–H groups in total. The quantitative estimate of drug-likeness (QED) is 0.164. The lowest BCUT2D eigenvalue weighted by atomic mass is 9.79. The van der Waals surface area contributed by atoms with Crippen molar-refractivity contribution >= 4 is 34.7 Å². The minimum atomic E-state index is -1.96. The molecule has 2 aliphatic heterocycles. The Morgan fingerprint density at radius 3 is 2.33 bits per heavy atom. The van der Waals surface area contributed by atoms with E-state index in [-0.39, 0.29) is 24.4 Å². The van der Waals surface area contributed by atoms with E-state index in [0.717, 1.165) is 81.9 Å². The summed E-state index contributed by atoms with van der Waals surface area (Å²) >= 11 is 8.12. The fraction of sp³-hybridized carbons (Fsp3) is 0.351. The maximum atomic E-state index is 14.4. The molecule has 52 heavy (non-hydrogen) atoms. The number of anilines is 2. The predicted octanol–water partition coefficient (Wildman–Crippen LogP) is 6.12. The van der Waals surface area contributed by atoms with Crippen LogP contribution in [0.2, 0.25) is 5.02 Å². The van der Waals surface area contributed by atoms with Crippen LogP contribution in [0.25, 0.3) is 0 Å². The topological polar surface area (TPSA) is 107 Å². The van der Waals surface area contributed by atoms with E-state index in [1.807, 2.05) is 17.8 Å². The van der Waals surface area contributed by atoms with Gasteiger partial charge in [-0.2, -0.15) is 5.10 Å². The van der Waals surface area contributed by atoms with Crippen molar-refractivity contribution in [2.24, 2.45) is 0 Å². The molecule has 1 fully saturated rings. The number of aliphatic hydroxyl groups is 2. The molecule has 0 amide bonds. The van der Waals surface area contributed by atoms with Crippen molar-refractivity contribution < 1.29 is 23.4 Å². The molecule has 2 atom stereocenters. The number of β-amino-alcohol motifs (C(OH)–C–C–N with tert-alkyl or cyclic N) is 1. The van der Waals surface area contributed by atoms with Crippen molar-refractivity contribution in [3.8, 4) is 0 Å². The van der Waals surface area contributed by atoms with E-state index in [9.17, 15) is 18.3 Å². The number of aliphatic hydroxyl groups excluding tert-OH is 1. The van der Waals surface area contributed by atoms with Gasteiger partial charge in [0.05, 0.1) is 36.4 Å². The Hall–Kier alpha value is -4.05. The minimum Gasteiger partial charge on any atom is -0.395 e. The van der Waals surface area contributed by atoms with E-state index in [4.69, 9.17) is 16.7 Å². The number of hydrogen-bond acceptors (Lipinski definition) is 10. The molecular formula is C37H40ClF3N8O2S. The zero-order valence-corrected chi connectivity index (χ0v) is 30.2. The highest BCUT2D eigenvalue weighted by Gasteiger charge is 2.41. The number of para-hydroxylation sites is 1. The fourth-order valence-electron chi connectivity index (χ4n) is 6.60. The second-order valence-corrected chi connectivity index (χ2v) is 14.2. The summed E-state index contributed by atoms with van der Waals surface area (Å²) in [6.07, 6.45) is 5.78. The summed E-state index contributed by atoms with van der Waals surface area (Å²) in [6, 6.07) is 17.6. The average molecular weight is 753 g/mol. The summed E-state index contributed by atoms with van der Waals surface area (Å²) in [7, 11) is 0. The van der Waals surface area contributed by atoms with Gasteiger partial charge in [-0.05, 0) is 49.4 Å². The van der Waals surface area contributed by atoms with E-state index >= 15 is 0 Å². The highest BCUT2D eigenvalue weighted by atomic mass is 35.5. The van der Waals surface area contributed by atoms with Gasteiger partial charge in [0.15, 0.2) is 5.82 Å². The van der Waals surface area contributed by atoms with Gasteiger partial charge in [0.25, 0.3) is 0 Å². The molecule has 0 spiro atoms. The van der Waals surface area contributed by atoms with Crippen molar-refractivity contribution in [3.63, 3.8) is 0 Å². The highest BCUT2D eigenvalue weighted by molar-refractivity contribution is 7.99. The number of fused-ring (bicyclic) bond motifs is 2. The first-order chi connectivity index (χ1) is 25.2. The summed E-state index contributed by atoms with van der Waals surface area (Å²) in [5, 5.41) is 25.1. The maximum absolute atomic E-state index is 14.4. The molecule has 0 bridgehead atoms. The molecule has 3 aromatic carbocycles. The smallest absolute Gasteiger partial charge is 0.163 e. The van der Waals surface area contributed by atoms with Crippen LogP contribution in [-0.2, 0) is 12.1 Å². The lowest BCUT2D eigenvalue weighted by Crippen LogP contribution is -2.47. The monoisotopic (exact) mass is 752 g/mol. The van der Waals surface area contributed by atoms with Gasteiger partial charge < -0.3 is 20.0 Å². The number of piperazine rings is 1. The number of aromatic nitrogens is 5. The Labute approximate surface area is 309 Å². The summed E-state index contributed by atoms with van der Waals surface area (Å²) in [6.45, 7) is 8.71. The Bertz CT molecular complexity index is 1940. The van der Waals surface area contributed by atoms with Gasteiger partial charge in [-0.15, -0.1) is 0 Å². The molecule has 5 aromatic rings. The van der Waals surface area contributed by atoms with Crippen LogP contribution in [0.3, 0.4) is 0 Å². The highest BCUT2D eigenvalue weighted by Crippen LogP contribution is 2.48. The van der Waals surface area contributed by atoms with E-state index in [2.05, 4.69) is 71.1 Å². The molecule has 0 unspecified atom stereocenters. The van der Waals surface area contributed by atoms with Crippen LogP contribution in [0.15, 0.2) is 95.6 Å². The first-order valence-corrected chi connectivity index (χ1v) is 18.2. The van der Waals surface area contributed by atoms with Crippen molar-refractivity contribution in [2.75, 3.05) is 57.3 Å². The fourth-order valence-corrected chi connectivity index (χ4v) is 7.84. The number of halogens is 4. The zero-order chi connectivity index (χ0) is 36.7. The number of hydrogen-bond donors (Lipinski definition) is 2. The summed E-state index contributed by atoms with van der Waals surface area (Å²) in [5.41, 5.74) is 0.251. The molecule has 274 valence electrons. The normalized spacial score (nSPS) is 16.3. The van der Waals surface area contributed by atoms with Crippen LogP contribution in [0.4, 0.5) is 24.5 Å². The first-order valence-electron chi connectivity index (χ1n) is 17.0. The van der Waals surface area contributed by atoms with E-state index in [0.29, 0.717) is 6.07 Å². The van der Waals surface area contributed by atoms with E-state index in [1.54, 1.807) is 0 Å². The molecule has 2 aliphatic rings. The molecule has 15 heteroatoms. The van der Waals surface area contributed by atoms with Gasteiger partial charge in [-0.3, -0.25) is 4.90 Å².